The van der Waals surface area contributed by atoms with E-state index in [-0.39, 0.29) is 11.6 Å². The monoisotopic (exact) mass is 272 g/mol. The second-order valence-electron chi connectivity index (χ2n) is 5.32. The Kier molecular flexibility index (Phi) is 4.73. The van der Waals surface area contributed by atoms with Crippen molar-refractivity contribution >= 4 is 10.9 Å². The van der Waals surface area contributed by atoms with Gasteiger partial charge in [0.1, 0.15) is 0 Å². The average Bonchev–Trinajstić information content (AvgIpc) is 2.51. The van der Waals surface area contributed by atoms with Crippen LogP contribution in [-0.2, 0) is 4.74 Å². The van der Waals surface area contributed by atoms with E-state index in [1.54, 1.807) is 7.11 Å². The maximum atomic E-state index is 5.79. The molecule has 0 spiro atoms. The quantitative estimate of drug-likeness (QED) is 0.870. The molecular weight excluding hydrogens is 248 g/mol. The van der Waals surface area contributed by atoms with Gasteiger partial charge in [-0.1, -0.05) is 26.0 Å². The number of pyridine rings is 1. The Morgan fingerprint density at radius 2 is 2.10 bits per heavy atom. The number of hydrogen-bond donors (Lipinski definition) is 1. The van der Waals surface area contributed by atoms with Crippen molar-refractivity contribution < 1.29 is 4.74 Å². The van der Waals surface area contributed by atoms with Gasteiger partial charge in [0.2, 0.25) is 0 Å². The summed E-state index contributed by atoms with van der Waals surface area (Å²) in [5.41, 5.74) is 2.06. The lowest BCUT2D eigenvalue weighted by Crippen LogP contribution is -2.42. The van der Waals surface area contributed by atoms with Gasteiger partial charge >= 0.3 is 0 Å². The maximum Gasteiger partial charge on any atom is 0.0841 e. The highest BCUT2D eigenvalue weighted by atomic mass is 16.5. The smallest absolute Gasteiger partial charge is 0.0841 e. The average molecular weight is 272 g/mol. The van der Waals surface area contributed by atoms with Crippen LogP contribution in [0.1, 0.15) is 38.8 Å². The first-order valence-electron chi connectivity index (χ1n) is 7.27. The predicted octanol–water partition coefficient (Wildman–Crippen LogP) is 3.70. The van der Waals surface area contributed by atoms with E-state index in [4.69, 9.17) is 4.74 Å². The Labute approximate surface area is 121 Å². The Morgan fingerprint density at radius 1 is 1.30 bits per heavy atom. The molecule has 1 N–H and O–H groups in total. The molecule has 0 fully saturated rings. The van der Waals surface area contributed by atoms with Gasteiger partial charge in [-0.2, -0.15) is 0 Å². The number of rotatable bonds is 6. The van der Waals surface area contributed by atoms with Crippen molar-refractivity contribution in [2.75, 3.05) is 13.7 Å². The van der Waals surface area contributed by atoms with Crippen molar-refractivity contribution in [1.82, 2.24) is 10.3 Å². The zero-order valence-electron chi connectivity index (χ0n) is 12.8. The molecule has 2 atom stereocenters. The van der Waals surface area contributed by atoms with E-state index < -0.39 is 0 Å². The van der Waals surface area contributed by atoms with Gasteiger partial charge in [0.05, 0.1) is 17.2 Å². The zero-order valence-corrected chi connectivity index (χ0v) is 12.8. The van der Waals surface area contributed by atoms with Gasteiger partial charge < -0.3 is 10.1 Å². The van der Waals surface area contributed by atoms with E-state index >= 15 is 0 Å². The third-order valence-corrected chi connectivity index (χ3v) is 4.15. The molecule has 0 amide bonds. The summed E-state index contributed by atoms with van der Waals surface area (Å²) in [6.07, 6.45) is 2.78. The van der Waals surface area contributed by atoms with Gasteiger partial charge in [-0.15, -0.1) is 0 Å². The van der Waals surface area contributed by atoms with Crippen LogP contribution in [0.2, 0.25) is 0 Å². The van der Waals surface area contributed by atoms with Crippen LogP contribution in [0.15, 0.2) is 36.5 Å². The molecule has 0 aliphatic heterocycles. The first-order chi connectivity index (χ1) is 9.64. The molecule has 0 aliphatic rings. The topological polar surface area (TPSA) is 34.2 Å². The molecule has 3 heteroatoms. The first kappa shape index (κ1) is 14.9. The number of methoxy groups -OCH3 is 1. The summed E-state index contributed by atoms with van der Waals surface area (Å²) in [6.45, 7) is 7.36. The molecule has 0 aliphatic carbocycles. The van der Waals surface area contributed by atoms with E-state index in [9.17, 15) is 0 Å². The van der Waals surface area contributed by atoms with Crippen LogP contribution in [0.4, 0.5) is 0 Å². The van der Waals surface area contributed by atoms with Crippen LogP contribution >= 0.6 is 0 Å². The number of hydrogen-bond acceptors (Lipinski definition) is 3. The highest BCUT2D eigenvalue weighted by Gasteiger charge is 2.33. The molecule has 108 valence electrons. The van der Waals surface area contributed by atoms with E-state index in [1.165, 1.54) is 10.9 Å². The second-order valence-corrected chi connectivity index (χ2v) is 5.32. The van der Waals surface area contributed by atoms with Crippen molar-refractivity contribution in [3.8, 4) is 0 Å². The number of nitrogens with zero attached hydrogens (tertiary/aromatic N) is 1. The van der Waals surface area contributed by atoms with Crippen LogP contribution < -0.4 is 5.32 Å². The van der Waals surface area contributed by atoms with Gasteiger partial charge in [-0.05, 0) is 43.7 Å². The van der Waals surface area contributed by atoms with E-state index in [0.29, 0.717) is 0 Å². The van der Waals surface area contributed by atoms with Crippen LogP contribution in [0.25, 0.3) is 10.9 Å². The van der Waals surface area contributed by atoms with Gasteiger partial charge in [0, 0.05) is 18.7 Å². The van der Waals surface area contributed by atoms with Crippen LogP contribution in [0.3, 0.4) is 0 Å². The van der Waals surface area contributed by atoms with Gasteiger partial charge in [-0.25, -0.2) is 0 Å². The molecule has 0 bridgehead atoms. The molecule has 2 rings (SSSR count). The molecule has 2 unspecified atom stereocenters. The van der Waals surface area contributed by atoms with Gasteiger partial charge in [0.15, 0.2) is 0 Å². The SMILES string of the molecule is CCNC(c1ccc2ncccc2c1)C(C)(CC)OC. The van der Waals surface area contributed by atoms with Crippen LogP contribution in [0, 0.1) is 0 Å². The Hall–Kier alpha value is -1.45. The van der Waals surface area contributed by atoms with E-state index in [1.807, 2.05) is 12.3 Å². The molecule has 1 aromatic carbocycles. The van der Waals surface area contributed by atoms with E-state index in [0.717, 1.165) is 18.5 Å². The summed E-state index contributed by atoms with van der Waals surface area (Å²) in [5, 5.41) is 4.73. The largest absolute Gasteiger partial charge is 0.377 e. The minimum absolute atomic E-state index is 0.173. The van der Waals surface area contributed by atoms with E-state index in [2.05, 4.69) is 55.3 Å². The lowest BCUT2D eigenvalue weighted by Gasteiger charge is -2.36. The van der Waals surface area contributed by atoms with Gasteiger partial charge in [-0.3, -0.25) is 4.98 Å². The number of ether oxygens (including phenoxy) is 1. The maximum absolute atomic E-state index is 5.79. The zero-order chi connectivity index (χ0) is 14.6. The molecular formula is C17H24N2O. The van der Waals surface area contributed by atoms with Crippen molar-refractivity contribution in [2.45, 2.75) is 38.8 Å². The van der Waals surface area contributed by atoms with Gasteiger partial charge in [0.25, 0.3) is 0 Å². The lowest BCUT2D eigenvalue weighted by molar-refractivity contribution is -0.0295. The van der Waals surface area contributed by atoms with Crippen molar-refractivity contribution in [2.24, 2.45) is 0 Å². The Bertz CT molecular complexity index is 564. The third-order valence-electron chi connectivity index (χ3n) is 4.15. The van der Waals surface area contributed by atoms with Crippen LogP contribution in [-0.4, -0.2) is 24.2 Å². The fourth-order valence-electron chi connectivity index (χ4n) is 2.63. The Morgan fingerprint density at radius 3 is 2.75 bits per heavy atom. The summed E-state index contributed by atoms with van der Waals surface area (Å²) in [4.78, 5) is 4.38. The normalized spacial score (nSPS) is 16.0. The van der Waals surface area contributed by atoms with Crippen molar-refractivity contribution in [3.05, 3.63) is 42.1 Å². The summed E-state index contributed by atoms with van der Waals surface area (Å²) in [5.74, 6) is 0. The number of benzene rings is 1. The molecule has 0 radical (unpaired) electrons. The summed E-state index contributed by atoms with van der Waals surface area (Å²) in [7, 11) is 1.79. The molecule has 0 saturated heterocycles. The van der Waals surface area contributed by atoms with Crippen molar-refractivity contribution in [3.63, 3.8) is 0 Å². The highest BCUT2D eigenvalue weighted by molar-refractivity contribution is 5.79. The molecule has 1 heterocycles. The first-order valence-corrected chi connectivity index (χ1v) is 7.27. The molecule has 0 saturated carbocycles. The molecule has 3 nitrogen and oxygen atoms in total. The Balaban J connectivity index is 2.45. The third kappa shape index (κ3) is 2.84. The summed E-state index contributed by atoms with van der Waals surface area (Å²) >= 11 is 0. The number of fused-ring (bicyclic) bond motifs is 1. The molecule has 2 aromatic rings. The van der Waals surface area contributed by atoms with Crippen LogP contribution in [0.5, 0.6) is 0 Å². The second kappa shape index (κ2) is 6.33. The summed E-state index contributed by atoms with van der Waals surface area (Å²) < 4.78 is 5.79. The predicted molar refractivity (Wildman–Crippen MR) is 83.9 cm³/mol. The standard InChI is InChI=1S/C17H24N2O/c1-5-17(3,20-4)16(18-6-2)14-9-10-15-13(12-14)8-7-11-19-15/h7-12,16,18H,5-6H2,1-4H3. The fraction of sp³-hybridized carbons (Fsp3) is 0.471. The number of aromatic nitrogens is 1. The number of nitrogens with one attached hydrogen (secondary N) is 1. The minimum atomic E-state index is -0.216. The highest BCUT2D eigenvalue weighted by Crippen LogP contribution is 2.32. The van der Waals surface area contributed by atoms with Crippen molar-refractivity contribution in [1.29, 1.82) is 0 Å². The molecule has 1 aromatic heterocycles. The number of likely N-dealkylation sites (N-methyl/N-ethyl adjacent to an activating group) is 1. The lowest BCUT2D eigenvalue weighted by atomic mass is 9.87. The summed E-state index contributed by atoms with van der Waals surface area (Å²) in [6, 6.07) is 10.7. The molecule has 20 heavy (non-hydrogen) atoms. The minimum Gasteiger partial charge on any atom is -0.377 e. The fourth-order valence-corrected chi connectivity index (χ4v) is 2.63.